The molecular formula is C16H14ClN5O2. The first-order valence-corrected chi connectivity index (χ1v) is 7.91. The van der Waals surface area contributed by atoms with E-state index in [1.54, 1.807) is 24.3 Å². The summed E-state index contributed by atoms with van der Waals surface area (Å²) in [5.74, 6) is 0.841. The number of amides is 1. The van der Waals surface area contributed by atoms with E-state index in [0.717, 1.165) is 5.69 Å². The molecule has 0 spiro atoms. The van der Waals surface area contributed by atoms with Crippen LogP contribution in [0.5, 0.6) is 0 Å². The monoisotopic (exact) mass is 343 g/mol. The predicted octanol–water partition coefficient (Wildman–Crippen LogP) is 2.72. The molecule has 0 saturated carbocycles. The van der Waals surface area contributed by atoms with Crippen LogP contribution in [0.4, 0.5) is 0 Å². The van der Waals surface area contributed by atoms with Crippen molar-refractivity contribution in [2.45, 2.75) is 19.9 Å². The molecule has 3 aromatic rings. The van der Waals surface area contributed by atoms with Gasteiger partial charge in [-0.1, -0.05) is 29.7 Å². The number of fused-ring (bicyclic) bond motifs is 3. The molecule has 0 unspecified atom stereocenters. The van der Waals surface area contributed by atoms with Crippen LogP contribution in [0.2, 0.25) is 5.02 Å². The van der Waals surface area contributed by atoms with Crippen LogP contribution in [0.15, 0.2) is 29.0 Å². The smallest absolute Gasteiger partial charge is 0.257 e. The number of nitrogens with zero attached hydrogens (tertiary/aromatic N) is 5. The average Bonchev–Trinajstić information content (AvgIpc) is 3.18. The number of hydrogen-bond acceptors (Lipinski definition) is 5. The SMILES string of the molecule is CCc1nc(-c2ncn3c2CN(C)C(=O)c2c(Cl)cccc2-3)no1. The summed E-state index contributed by atoms with van der Waals surface area (Å²) in [4.78, 5) is 23.1. The zero-order chi connectivity index (χ0) is 16.8. The second kappa shape index (κ2) is 5.45. The Balaban J connectivity index is 1.94. The maximum absolute atomic E-state index is 12.7. The molecule has 24 heavy (non-hydrogen) atoms. The van der Waals surface area contributed by atoms with Crippen LogP contribution < -0.4 is 0 Å². The van der Waals surface area contributed by atoms with Gasteiger partial charge in [-0.25, -0.2) is 4.98 Å². The highest BCUT2D eigenvalue weighted by atomic mass is 35.5. The minimum atomic E-state index is -0.132. The van der Waals surface area contributed by atoms with Crippen LogP contribution in [0.25, 0.3) is 17.2 Å². The summed E-state index contributed by atoms with van der Waals surface area (Å²) in [7, 11) is 1.73. The molecule has 8 heteroatoms. The highest BCUT2D eigenvalue weighted by Crippen LogP contribution is 2.32. The fourth-order valence-electron chi connectivity index (χ4n) is 2.83. The van der Waals surface area contributed by atoms with E-state index in [4.69, 9.17) is 16.1 Å². The molecule has 0 fully saturated rings. The number of imidazole rings is 1. The van der Waals surface area contributed by atoms with Crippen molar-refractivity contribution in [1.29, 1.82) is 0 Å². The molecule has 0 bridgehead atoms. The van der Waals surface area contributed by atoms with Crippen molar-refractivity contribution in [1.82, 2.24) is 24.6 Å². The second-order valence-electron chi connectivity index (χ2n) is 5.57. The first-order chi connectivity index (χ1) is 11.6. The van der Waals surface area contributed by atoms with Crippen LogP contribution in [0, 0.1) is 0 Å². The minimum Gasteiger partial charge on any atom is -0.339 e. The van der Waals surface area contributed by atoms with Crippen molar-refractivity contribution in [2.24, 2.45) is 0 Å². The normalized spacial score (nSPS) is 13.6. The van der Waals surface area contributed by atoms with Gasteiger partial charge in [0.05, 0.1) is 28.5 Å². The van der Waals surface area contributed by atoms with Gasteiger partial charge in [-0.3, -0.25) is 9.36 Å². The maximum Gasteiger partial charge on any atom is 0.257 e. The lowest BCUT2D eigenvalue weighted by Gasteiger charge is -2.14. The molecule has 2 aromatic heterocycles. The third-order valence-electron chi connectivity index (χ3n) is 4.05. The van der Waals surface area contributed by atoms with Gasteiger partial charge >= 0.3 is 0 Å². The Morgan fingerprint density at radius 3 is 2.96 bits per heavy atom. The molecule has 1 aliphatic heterocycles. The van der Waals surface area contributed by atoms with Crippen molar-refractivity contribution in [3.05, 3.63) is 46.7 Å². The van der Waals surface area contributed by atoms with E-state index in [-0.39, 0.29) is 5.91 Å². The van der Waals surface area contributed by atoms with Gasteiger partial charge in [0.25, 0.3) is 5.91 Å². The molecule has 4 rings (SSSR count). The number of carbonyl (C=O) groups is 1. The number of benzene rings is 1. The first kappa shape index (κ1) is 14.9. The molecule has 3 heterocycles. The van der Waals surface area contributed by atoms with Gasteiger partial charge in [0.2, 0.25) is 11.7 Å². The first-order valence-electron chi connectivity index (χ1n) is 7.53. The molecule has 7 nitrogen and oxygen atoms in total. The van der Waals surface area contributed by atoms with Gasteiger partial charge in [0.1, 0.15) is 12.0 Å². The van der Waals surface area contributed by atoms with Crippen molar-refractivity contribution in [3.8, 4) is 17.2 Å². The van der Waals surface area contributed by atoms with Crippen molar-refractivity contribution in [2.75, 3.05) is 7.05 Å². The van der Waals surface area contributed by atoms with E-state index in [1.165, 1.54) is 0 Å². The highest BCUT2D eigenvalue weighted by molar-refractivity contribution is 6.34. The summed E-state index contributed by atoms with van der Waals surface area (Å²) in [6.45, 7) is 2.31. The summed E-state index contributed by atoms with van der Waals surface area (Å²) >= 11 is 6.27. The lowest BCUT2D eigenvalue weighted by molar-refractivity contribution is 0.0788. The van der Waals surface area contributed by atoms with Crippen molar-refractivity contribution >= 4 is 17.5 Å². The highest BCUT2D eigenvalue weighted by Gasteiger charge is 2.29. The number of hydrogen-bond donors (Lipinski definition) is 0. The Kier molecular flexibility index (Phi) is 3.38. The zero-order valence-electron chi connectivity index (χ0n) is 13.2. The molecule has 0 N–H and O–H groups in total. The maximum atomic E-state index is 12.7. The third-order valence-corrected chi connectivity index (χ3v) is 4.36. The van der Waals surface area contributed by atoms with Gasteiger partial charge in [-0.15, -0.1) is 0 Å². The summed E-state index contributed by atoms with van der Waals surface area (Å²) < 4.78 is 7.05. The number of halogens is 1. The molecule has 1 amide bonds. The van der Waals surface area contributed by atoms with Crippen LogP contribution in [-0.4, -0.2) is 37.5 Å². The molecule has 0 aliphatic carbocycles. The van der Waals surface area contributed by atoms with Crippen LogP contribution >= 0.6 is 11.6 Å². The predicted molar refractivity (Wildman–Crippen MR) is 87.0 cm³/mol. The van der Waals surface area contributed by atoms with Gasteiger partial charge in [-0.05, 0) is 12.1 Å². The molecule has 0 radical (unpaired) electrons. The summed E-state index contributed by atoms with van der Waals surface area (Å²) in [5.41, 5.74) is 2.58. The standard InChI is InChI=1S/C16H14ClN5O2/c1-3-12-19-15(20-24-12)14-11-7-21(2)16(23)13-9(17)5-4-6-10(13)22(11)8-18-14/h4-6,8H,3,7H2,1-2H3. The summed E-state index contributed by atoms with van der Waals surface area (Å²) in [5, 5.41) is 4.41. The van der Waals surface area contributed by atoms with Gasteiger partial charge < -0.3 is 9.42 Å². The molecular weight excluding hydrogens is 330 g/mol. The van der Waals surface area contributed by atoms with Crippen molar-refractivity contribution < 1.29 is 9.32 Å². The number of aromatic nitrogens is 4. The number of rotatable bonds is 2. The molecule has 1 aliphatic rings. The molecule has 0 atom stereocenters. The largest absolute Gasteiger partial charge is 0.339 e. The summed E-state index contributed by atoms with van der Waals surface area (Å²) in [6, 6.07) is 5.37. The quantitative estimate of drug-likeness (QED) is 0.715. The Labute approximate surface area is 142 Å². The molecule has 1 aromatic carbocycles. The average molecular weight is 344 g/mol. The van der Waals surface area contributed by atoms with E-state index >= 15 is 0 Å². The van der Waals surface area contributed by atoms with Crippen molar-refractivity contribution in [3.63, 3.8) is 0 Å². The molecule has 0 saturated heterocycles. The van der Waals surface area contributed by atoms with Gasteiger partial charge in [0.15, 0.2) is 0 Å². The zero-order valence-corrected chi connectivity index (χ0v) is 13.9. The lowest BCUT2D eigenvalue weighted by Crippen LogP contribution is -2.25. The van der Waals surface area contributed by atoms with E-state index in [2.05, 4.69) is 15.1 Å². The van der Waals surface area contributed by atoms with E-state index in [1.807, 2.05) is 23.6 Å². The third kappa shape index (κ3) is 2.12. The Bertz CT molecular complexity index is 946. The van der Waals surface area contributed by atoms with E-state index < -0.39 is 0 Å². The number of carbonyl (C=O) groups excluding carboxylic acids is 1. The molecule has 122 valence electrons. The van der Waals surface area contributed by atoms with E-state index in [9.17, 15) is 4.79 Å². The summed E-state index contributed by atoms with van der Waals surface area (Å²) in [6.07, 6.45) is 2.31. The van der Waals surface area contributed by atoms with Crippen LogP contribution in [-0.2, 0) is 13.0 Å². The number of aryl methyl sites for hydroxylation is 1. The van der Waals surface area contributed by atoms with Gasteiger partial charge in [-0.2, -0.15) is 4.98 Å². The minimum absolute atomic E-state index is 0.132. The fraction of sp³-hybridized carbons (Fsp3) is 0.250. The fourth-order valence-corrected chi connectivity index (χ4v) is 3.08. The Hall–Kier alpha value is -2.67. The Morgan fingerprint density at radius 2 is 2.21 bits per heavy atom. The van der Waals surface area contributed by atoms with E-state index in [0.29, 0.717) is 46.6 Å². The van der Waals surface area contributed by atoms with Crippen LogP contribution in [0.3, 0.4) is 0 Å². The second-order valence-corrected chi connectivity index (χ2v) is 5.98. The van der Waals surface area contributed by atoms with Crippen LogP contribution in [0.1, 0.15) is 28.9 Å². The topological polar surface area (TPSA) is 77.1 Å². The Morgan fingerprint density at radius 1 is 1.38 bits per heavy atom. The lowest BCUT2D eigenvalue weighted by atomic mass is 10.1. The van der Waals surface area contributed by atoms with Gasteiger partial charge in [0, 0.05) is 13.5 Å².